The van der Waals surface area contributed by atoms with Crippen molar-refractivity contribution in [3.8, 4) is 0 Å². The molecule has 2 unspecified atom stereocenters. The average Bonchev–Trinajstić information content (AvgIpc) is 2.62. The van der Waals surface area contributed by atoms with Gasteiger partial charge in [0.05, 0.1) is 12.7 Å². The van der Waals surface area contributed by atoms with E-state index in [9.17, 15) is 4.79 Å². The highest BCUT2D eigenvalue weighted by atomic mass is 35.5. The van der Waals surface area contributed by atoms with Crippen LogP contribution in [0.15, 0.2) is 24.3 Å². The van der Waals surface area contributed by atoms with Gasteiger partial charge in [0, 0.05) is 62.3 Å². The van der Waals surface area contributed by atoms with Crippen LogP contribution in [0.2, 0.25) is 5.02 Å². The number of nitrogens with zero attached hydrogens (tertiary/aromatic N) is 2. The molecule has 2 saturated heterocycles. The Bertz CT molecular complexity index is 563. The van der Waals surface area contributed by atoms with Crippen LogP contribution in [0, 0.1) is 0 Å². The molecule has 1 N–H and O–H groups in total. The second-order valence-electron chi connectivity index (χ2n) is 6.57. The molecule has 0 aromatic heterocycles. The Balaban J connectivity index is 1.56. The van der Waals surface area contributed by atoms with Gasteiger partial charge < -0.3 is 15.0 Å². The molecule has 2 aliphatic rings. The standard InChI is InChI=1S/C18H26ClN3O2/c1-14-13-24-17(15-4-2-3-5-16(15)19)12-22(14)9-6-18(23)21-10-7-20-8-11-21/h2-5,14,17,20H,6-13H2,1H3. The number of piperazine rings is 1. The van der Waals surface area contributed by atoms with Gasteiger partial charge in [-0.2, -0.15) is 0 Å². The Kier molecular flexibility index (Phi) is 6.11. The zero-order chi connectivity index (χ0) is 16.9. The van der Waals surface area contributed by atoms with Crippen molar-refractivity contribution in [2.45, 2.75) is 25.5 Å². The molecule has 0 saturated carbocycles. The third-order valence-electron chi connectivity index (χ3n) is 4.90. The topological polar surface area (TPSA) is 44.8 Å². The van der Waals surface area contributed by atoms with Crippen LogP contribution in [0.25, 0.3) is 0 Å². The van der Waals surface area contributed by atoms with Gasteiger partial charge in [-0.25, -0.2) is 0 Å². The van der Waals surface area contributed by atoms with Crippen LogP contribution in [-0.2, 0) is 9.53 Å². The van der Waals surface area contributed by atoms with Gasteiger partial charge in [-0.1, -0.05) is 29.8 Å². The van der Waals surface area contributed by atoms with E-state index in [1.54, 1.807) is 0 Å². The van der Waals surface area contributed by atoms with Crippen molar-refractivity contribution in [1.29, 1.82) is 0 Å². The Morgan fingerprint density at radius 1 is 1.33 bits per heavy atom. The summed E-state index contributed by atoms with van der Waals surface area (Å²) >= 11 is 6.31. The van der Waals surface area contributed by atoms with Gasteiger partial charge in [-0.05, 0) is 13.0 Å². The van der Waals surface area contributed by atoms with Gasteiger partial charge in [0.2, 0.25) is 5.91 Å². The SMILES string of the molecule is CC1COC(c2ccccc2Cl)CN1CCC(=O)N1CCNCC1. The fraction of sp³-hybridized carbons (Fsp3) is 0.611. The molecule has 2 aliphatic heterocycles. The molecule has 132 valence electrons. The Labute approximate surface area is 148 Å². The molecular formula is C18H26ClN3O2. The number of halogens is 1. The molecule has 0 spiro atoms. The summed E-state index contributed by atoms with van der Waals surface area (Å²) in [5.74, 6) is 0.254. The molecule has 24 heavy (non-hydrogen) atoms. The van der Waals surface area contributed by atoms with Crippen LogP contribution >= 0.6 is 11.6 Å². The first-order chi connectivity index (χ1) is 11.6. The third kappa shape index (κ3) is 4.28. The van der Waals surface area contributed by atoms with Gasteiger partial charge >= 0.3 is 0 Å². The minimum atomic E-state index is -0.0239. The van der Waals surface area contributed by atoms with Crippen molar-refractivity contribution < 1.29 is 9.53 Å². The van der Waals surface area contributed by atoms with Crippen molar-refractivity contribution in [3.05, 3.63) is 34.9 Å². The molecule has 2 fully saturated rings. The lowest BCUT2D eigenvalue weighted by Crippen LogP contribution is -2.49. The first-order valence-electron chi connectivity index (χ1n) is 8.73. The van der Waals surface area contributed by atoms with Crippen LogP contribution in [0.1, 0.15) is 25.0 Å². The van der Waals surface area contributed by atoms with Crippen molar-refractivity contribution in [1.82, 2.24) is 15.1 Å². The largest absolute Gasteiger partial charge is 0.371 e. The van der Waals surface area contributed by atoms with Gasteiger partial charge in [0.15, 0.2) is 0 Å². The number of nitrogens with one attached hydrogen (secondary N) is 1. The summed E-state index contributed by atoms with van der Waals surface area (Å²) in [6.07, 6.45) is 0.545. The first kappa shape index (κ1) is 17.7. The van der Waals surface area contributed by atoms with Gasteiger partial charge in [0.25, 0.3) is 0 Å². The zero-order valence-corrected chi connectivity index (χ0v) is 15.0. The number of rotatable bonds is 4. The highest BCUT2D eigenvalue weighted by Gasteiger charge is 2.29. The van der Waals surface area contributed by atoms with E-state index in [0.29, 0.717) is 19.1 Å². The van der Waals surface area contributed by atoms with Crippen LogP contribution in [0.5, 0.6) is 0 Å². The van der Waals surface area contributed by atoms with Gasteiger partial charge in [-0.15, -0.1) is 0 Å². The fourth-order valence-electron chi connectivity index (χ4n) is 3.35. The van der Waals surface area contributed by atoms with Crippen molar-refractivity contribution in [2.24, 2.45) is 0 Å². The second kappa shape index (κ2) is 8.30. The molecule has 3 rings (SSSR count). The summed E-state index contributed by atoms with van der Waals surface area (Å²) in [5, 5.41) is 4.02. The minimum Gasteiger partial charge on any atom is -0.371 e. The summed E-state index contributed by atoms with van der Waals surface area (Å²) in [4.78, 5) is 16.7. The van der Waals surface area contributed by atoms with Crippen molar-refractivity contribution in [3.63, 3.8) is 0 Å². The monoisotopic (exact) mass is 351 g/mol. The maximum atomic E-state index is 12.4. The van der Waals surface area contributed by atoms with E-state index in [-0.39, 0.29) is 12.0 Å². The van der Waals surface area contributed by atoms with Crippen LogP contribution < -0.4 is 5.32 Å². The molecule has 5 nitrogen and oxygen atoms in total. The molecule has 0 radical (unpaired) electrons. The second-order valence-corrected chi connectivity index (χ2v) is 6.98. The highest BCUT2D eigenvalue weighted by Crippen LogP contribution is 2.29. The lowest BCUT2D eigenvalue weighted by atomic mass is 10.1. The molecule has 2 atom stereocenters. The summed E-state index contributed by atoms with van der Waals surface area (Å²) in [7, 11) is 0. The fourth-order valence-corrected chi connectivity index (χ4v) is 3.61. The predicted molar refractivity (Wildman–Crippen MR) is 95.2 cm³/mol. The summed E-state index contributed by atoms with van der Waals surface area (Å²) < 4.78 is 5.98. The number of morpholine rings is 1. The Hall–Kier alpha value is -1.14. The zero-order valence-electron chi connectivity index (χ0n) is 14.2. The molecule has 0 bridgehead atoms. The van der Waals surface area contributed by atoms with E-state index in [4.69, 9.17) is 16.3 Å². The molecule has 1 amide bonds. The normalized spacial score (nSPS) is 25.7. The van der Waals surface area contributed by atoms with E-state index in [0.717, 1.165) is 49.9 Å². The van der Waals surface area contributed by atoms with E-state index in [1.165, 1.54) is 0 Å². The molecule has 6 heteroatoms. The lowest BCUT2D eigenvalue weighted by Gasteiger charge is -2.38. The van der Waals surface area contributed by atoms with Gasteiger partial charge in [-0.3, -0.25) is 9.69 Å². The van der Waals surface area contributed by atoms with Crippen LogP contribution in [0.3, 0.4) is 0 Å². The predicted octanol–water partition coefficient (Wildman–Crippen LogP) is 1.92. The molecule has 2 heterocycles. The average molecular weight is 352 g/mol. The molecular weight excluding hydrogens is 326 g/mol. The van der Waals surface area contributed by atoms with Crippen molar-refractivity contribution >= 4 is 17.5 Å². The first-order valence-corrected chi connectivity index (χ1v) is 9.11. The highest BCUT2D eigenvalue weighted by molar-refractivity contribution is 6.31. The minimum absolute atomic E-state index is 0.0239. The number of hydrogen-bond acceptors (Lipinski definition) is 4. The summed E-state index contributed by atoms with van der Waals surface area (Å²) in [5.41, 5.74) is 1.03. The number of amides is 1. The summed E-state index contributed by atoms with van der Waals surface area (Å²) in [6.45, 7) is 7.80. The Morgan fingerprint density at radius 2 is 2.08 bits per heavy atom. The quantitative estimate of drug-likeness (QED) is 0.900. The Morgan fingerprint density at radius 3 is 2.83 bits per heavy atom. The van der Waals surface area contributed by atoms with E-state index < -0.39 is 0 Å². The number of carbonyl (C=O) groups excluding carboxylic acids is 1. The van der Waals surface area contributed by atoms with Crippen LogP contribution in [-0.4, -0.2) is 67.6 Å². The number of benzene rings is 1. The van der Waals surface area contributed by atoms with Crippen LogP contribution in [0.4, 0.5) is 0 Å². The summed E-state index contributed by atoms with van der Waals surface area (Å²) in [6, 6.07) is 8.16. The molecule has 1 aromatic rings. The number of carbonyl (C=O) groups is 1. The molecule has 0 aliphatic carbocycles. The van der Waals surface area contributed by atoms with E-state index >= 15 is 0 Å². The van der Waals surface area contributed by atoms with E-state index in [1.807, 2.05) is 29.2 Å². The maximum Gasteiger partial charge on any atom is 0.223 e. The van der Waals surface area contributed by atoms with E-state index in [2.05, 4.69) is 17.1 Å². The smallest absolute Gasteiger partial charge is 0.223 e. The lowest BCUT2D eigenvalue weighted by molar-refractivity contribution is -0.133. The maximum absolute atomic E-state index is 12.4. The van der Waals surface area contributed by atoms with Crippen molar-refractivity contribution in [2.75, 3.05) is 45.9 Å². The number of hydrogen-bond donors (Lipinski definition) is 1. The van der Waals surface area contributed by atoms with Gasteiger partial charge in [0.1, 0.15) is 0 Å². The third-order valence-corrected chi connectivity index (χ3v) is 5.24. The molecule has 1 aromatic carbocycles. The number of ether oxygens (including phenoxy) is 1.